The van der Waals surface area contributed by atoms with Crippen molar-refractivity contribution in [3.8, 4) is 5.75 Å². The maximum Gasteiger partial charge on any atom is 0.146 e. The molecule has 3 heteroatoms. The lowest BCUT2D eigenvalue weighted by Crippen LogP contribution is -2.35. The minimum absolute atomic E-state index is 0.143. The van der Waals surface area contributed by atoms with Gasteiger partial charge in [0.1, 0.15) is 11.5 Å². The fourth-order valence-electron chi connectivity index (χ4n) is 2.20. The number of benzene rings is 1. The Balaban J connectivity index is 2.37. The van der Waals surface area contributed by atoms with Gasteiger partial charge < -0.3 is 9.47 Å². The quantitative estimate of drug-likeness (QED) is 0.831. The Kier molecular flexibility index (Phi) is 2.68. The molecule has 1 saturated heterocycles. The molecule has 88 valence electrons. The second kappa shape index (κ2) is 3.75. The van der Waals surface area contributed by atoms with Crippen molar-refractivity contribution in [3.63, 3.8) is 0 Å². The first-order chi connectivity index (χ1) is 7.47. The Hall–Kier alpha value is -1.06. The maximum atomic E-state index is 6.07. The van der Waals surface area contributed by atoms with Gasteiger partial charge in [0.2, 0.25) is 0 Å². The lowest BCUT2D eigenvalue weighted by Gasteiger charge is -2.28. The van der Waals surface area contributed by atoms with E-state index < -0.39 is 5.72 Å². The molecule has 0 saturated carbocycles. The first-order valence-electron chi connectivity index (χ1n) is 5.56. The number of nitrogens with one attached hydrogen (secondary N) is 1. The summed E-state index contributed by atoms with van der Waals surface area (Å²) in [5.41, 5.74) is 0.439. The van der Waals surface area contributed by atoms with E-state index in [2.05, 4.69) is 19.2 Å². The van der Waals surface area contributed by atoms with E-state index in [0.717, 1.165) is 17.9 Å². The van der Waals surface area contributed by atoms with Gasteiger partial charge in [0.05, 0.1) is 12.7 Å². The highest BCUT2D eigenvalue weighted by molar-refractivity contribution is 5.38. The summed E-state index contributed by atoms with van der Waals surface area (Å²) in [6.45, 7) is 7.04. The van der Waals surface area contributed by atoms with Gasteiger partial charge in [0.15, 0.2) is 0 Å². The number of rotatable bonds is 2. The third kappa shape index (κ3) is 1.93. The minimum atomic E-state index is -0.462. The van der Waals surface area contributed by atoms with E-state index in [1.807, 2.05) is 31.2 Å². The molecule has 0 bridgehead atoms. The average Bonchev–Trinajstić information content (AvgIpc) is 2.54. The van der Waals surface area contributed by atoms with Crippen LogP contribution in [-0.4, -0.2) is 19.3 Å². The maximum absolute atomic E-state index is 6.07. The van der Waals surface area contributed by atoms with Crippen LogP contribution in [0.15, 0.2) is 24.3 Å². The van der Waals surface area contributed by atoms with Crippen molar-refractivity contribution in [1.29, 1.82) is 0 Å². The Morgan fingerprint density at radius 3 is 2.50 bits per heavy atom. The first-order valence-corrected chi connectivity index (χ1v) is 5.56. The Labute approximate surface area is 96.8 Å². The van der Waals surface area contributed by atoms with Crippen molar-refractivity contribution in [2.45, 2.75) is 32.1 Å². The Morgan fingerprint density at radius 1 is 1.25 bits per heavy atom. The van der Waals surface area contributed by atoms with Crippen LogP contribution >= 0.6 is 0 Å². The molecule has 1 aliphatic rings. The molecule has 1 aromatic rings. The summed E-state index contributed by atoms with van der Waals surface area (Å²) >= 11 is 0. The number of methoxy groups -OCH3 is 1. The van der Waals surface area contributed by atoms with Crippen LogP contribution in [0.25, 0.3) is 0 Å². The van der Waals surface area contributed by atoms with Gasteiger partial charge in [-0.1, -0.05) is 18.2 Å². The molecule has 1 fully saturated rings. The van der Waals surface area contributed by atoms with Crippen molar-refractivity contribution >= 4 is 0 Å². The lowest BCUT2D eigenvalue weighted by atomic mass is 10.0. The molecule has 1 atom stereocenters. The largest absolute Gasteiger partial charge is 0.496 e. The predicted molar refractivity (Wildman–Crippen MR) is 63.5 cm³/mol. The van der Waals surface area contributed by atoms with Gasteiger partial charge in [-0.15, -0.1) is 0 Å². The summed E-state index contributed by atoms with van der Waals surface area (Å²) in [5, 5.41) is 3.41. The molecular formula is C13H19NO2. The van der Waals surface area contributed by atoms with Crippen LogP contribution < -0.4 is 10.1 Å². The van der Waals surface area contributed by atoms with Crippen molar-refractivity contribution in [2.75, 3.05) is 13.7 Å². The van der Waals surface area contributed by atoms with Gasteiger partial charge in [-0.25, -0.2) is 0 Å². The molecule has 2 rings (SSSR count). The van der Waals surface area contributed by atoms with Crippen LogP contribution in [0.5, 0.6) is 5.75 Å². The SMILES string of the molecule is COc1ccccc1C1(C)NCC(C)(C)O1. The zero-order valence-corrected chi connectivity index (χ0v) is 10.3. The summed E-state index contributed by atoms with van der Waals surface area (Å²) in [5.74, 6) is 0.857. The number of ether oxygens (including phenoxy) is 2. The molecule has 0 spiro atoms. The van der Waals surface area contributed by atoms with Crippen LogP contribution in [0.3, 0.4) is 0 Å². The van der Waals surface area contributed by atoms with Crippen LogP contribution in [0.1, 0.15) is 26.3 Å². The van der Waals surface area contributed by atoms with E-state index in [-0.39, 0.29) is 5.60 Å². The van der Waals surface area contributed by atoms with Crippen LogP contribution in [0.2, 0.25) is 0 Å². The third-order valence-electron chi connectivity index (χ3n) is 2.95. The van der Waals surface area contributed by atoms with Gasteiger partial charge in [-0.2, -0.15) is 0 Å². The summed E-state index contributed by atoms with van der Waals surface area (Å²) in [7, 11) is 1.68. The predicted octanol–water partition coefficient (Wildman–Crippen LogP) is 2.27. The molecule has 0 radical (unpaired) electrons. The standard InChI is InChI=1S/C13H19NO2/c1-12(2)9-14-13(3,16-12)10-7-5-6-8-11(10)15-4/h5-8,14H,9H2,1-4H3. The highest BCUT2D eigenvalue weighted by atomic mass is 16.6. The van der Waals surface area contributed by atoms with Crippen molar-refractivity contribution in [2.24, 2.45) is 0 Å². The summed E-state index contributed by atoms with van der Waals surface area (Å²) < 4.78 is 11.4. The molecule has 0 aliphatic carbocycles. The monoisotopic (exact) mass is 221 g/mol. The molecule has 1 N–H and O–H groups in total. The molecular weight excluding hydrogens is 202 g/mol. The number of hydrogen-bond acceptors (Lipinski definition) is 3. The fraction of sp³-hybridized carbons (Fsp3) is 0.538. The molecule has 1 heterocycles. The molecule has 1 aromatic carbocycles. The van der Waals surface area contributed by atoms with Gasteiger partial charge in [-0.3, -0.25) is 5.32 Å². The minimum Gasteiger partial charge on any atom is -0.496 e. The highest BCUT2D eigenvalue weighted by Gasteiger charge is 2.42. The topological polar surface area (TPSA) is 30.5 Å². The zero-order chi connectivity index (χ0) is 11.8. The number of hydrogen-bond donors (Lipinski definition) is 1. The number of para-hydroxylation sites is 1. The zero-order valence-electron chi connectivity index (χ0n) is 10.3. The van der Waals surface area contributed by atoms with Gasteiger partial charge >= 0.3 is 0 Å². The van der Waals surface area contributed by atoms with Gasteiger partial charge in [-0.05, 0) is 26.8 Å². The Bertz CT molecular complexity index is 389. The smallest absolute Gasteiger partial charge is 0.146 e. The van der Waals surface area contributed by atoms with E-state index >= 15 is 0 Å². The van der Waals surface area contributed by atoms with E-state index in [4.69, 9.17) is 9.47 Å². The molecule has 1 aliphatic heterocycles. The summed E-state index contributed by atoms with van der Waals surface area (Å²) in [4.78, 5) is 0. The van der Waals surface area contributed by atoms with E-state index in [1.165, 1.54) is 0 Å². The van der Waals surface area contributed by atoms with Gasteiger partial charge in [0, 0.05) is 12.1 Å². The molecule has 3 nitrogen and oxygen atoms in total. The normalized spacial score (nSPS) is 28.0. The van der Waals surface area contributed by atoms with Crippen LogP contribution in [0, 0.1) is 0 Å². The fourth-order valence-corrected chi connectivity index (χ4v) is 2.20. The van der Waals surface area contributed by atoms with Crippen LogP contribution in [-0.2, 0) is 10.5 Å². The van der Waals surface area contributed by atoms with E-state index in [0.29, 0.717) is 0 Å². The first kappa shape index (κ1) is 11.4. The van der Waals surface area contributed by atoms with Crippen molar-refractivity contribution in [1.82, 2.24) is 5.32 Å². The van der Waals surface area contributed by atoms with Crippen molar-refractivity contribution < 1.29 is 9.47 Å². The molecule has 1 unspecified atom stereocenters. The van der Waals surface area contributed by atoms with E-state index in [9.17, 15) is 0 Å². The third-order valence-corrected chi connectivity index (χ3v) is 2.95. The molecule has 0 amide bonds. The highest BCUT2D eigenvalue weighted by Crippen LogP contribution is 2.37. The van der Waals surface area contributed by atoms with Crippen molar-refractivity contribution in [3.05, 3.63) is 29.8 Å². The second-order valence-electron chi connectivity index (χ2n) is 4.95. The second-order valence-corrected chi connectivity index (χ2v) is 4.95. The molecule has 16 heavy (non-hydrogen) atoms. The van der Waals surface area contributed by atoms with Gasteiger partial charge in [0.25, 0.3) is 0 Å². The summed E-state index contributed by atoms with van der Waals surface area (Å²) in [6, 6.07) is 7.95. The molecule has 0 aromatic heterocycles. The van der Waals surface area contributed by atoms with Crippen LogP contribution in [0.4, 0.5) is 0 Å². The van der Waals surface area contributed by atoms with E-state index in [1.54, 1.807) is 7.11 Å². The summed E-state index contributed by atoms with van der Waals surface area (Å²) in [6.07, 6.45) is 0. The Morgan fingerprint density at radius 2 is 1.94 bits per heavy atom. The lowest BCUT2D eigenvalue weighted by molar-refractivity contribution is -0.0848. The average molecular weight is 221 g/mol.